The molecule has 0 bridgehead atoms. The lowest BCUT2D eigenvalue weighted by molar-refractivity contribution is 0.770. The Morgan fingerprint density at radius 2 is 2.40 bits per heavy atom. The molecule has 0 aliphatic carbocycles. The highest BCUT2D eigenvalue weighted by Gasteiger charge is 1.87. The normalized spacial score (nSPS) is 12.1. The van der Waals surface area contributed by atoms with Gasteiger partial charge in [-0.15, -0.1) is 0 Å². The fourth-order valence-electron chi connectivity index (χ4n) is 0.702. The number of halogens is 1. The van der Waals surface area contributed by atoms with E-state index < -0.39 is 0 Å². The highest BCUT2D eigenvalue weighted by molar-refractivity contribution is 9.10. The first kappa shape index (κ1) is 7.47. The molecule has 1 aromatic heterocycles. The van der Waals surface area contributed by atoms with Crippen molar-refractivity contribution >= 4 is 15.9 Å². The topological polar surface area (TPSA) is 30.2 Å². The minimum absolute atomic E-state index is 0.725. The van der Waals surface area contributed by atoms with Gasteiger partial charge in [0, 0.05) is 26.5 Å². The van der Waals surface area contributed by atoms with E-state index in [0.29, 0.717) is 0 Å². The first-order chi connectivity index (χ1) is 4.74. The average molecular weight is 202 g/mol. The van der Waals surface area contributed by atoms with Crippen LogP contribution in [0.3, 0.4) is 0 Å². The van der Waals surface area contributed by atoms with E-state index in [2.05, 4.69) is 25.9 Å². The van der Waals surface area contributed by atoms with Gasteiger partial charge in [0.2, 0.25) is 5.62 Å². The number of nitrogens with zero attached hydrogens (tertiary/aromatic N) is 3. The number of aryl methyl sites for hydroxylation is 1. The molecule has 0 amide bonds. The van der Waals surface area contributed by atoms with E-state index in [0.717, 1.165) is 10.1 Å². The van der Waals surface area contributed by atoms with Gasteiger partial charge in [0.05, 0.1) is 4.47 Å². The molecule has 10 heavy (non-hydrogen) atoms. The van der Waals surface area contributed by atoms with Crippen LogP contribution in [0.25, 0.3) is 0 Å². The molecule has 0 saturated carbocycles. The zero-order valence-electron chi connectivity index (χ0n) is 5.87. The summed E-state index contributed by atoms with van der Waals surface area (Å²) in [4.78, 5) is 7.99. The van der Waals surface area contributed by atoms with Gasteiger partial charge in [-0.25, -0.2) is 4.98 Å². The fourth-order valence-corrected chi connectivity index (χ4v) is 1.11. The third-order valence-corrected chi connectivity index (χ3v) is 1.55. The van der Waals surface area contributed by atoms with Gasteiger partial charge in [-0.3, -0.25) is 4.99 Å². The van der Waals surface area contributed by atoms with Crippen LogP contribution < -0.4 is 5.62 Å². The van der Waals surface area contributed by atoms with Crippen molar-refractivity contribution in [1.82, 2.24) is 9.55 Å². The van der Waals surface area contributed by atoms with Crippen molar-refractivity contribution in [2.45, 2.75) is 0 Å². The molecule has 0 aromatic carbocycles. The maximum Gasteiger partial charge on any atom is 0.224 e. The summed E-state index contributed by atoms with van der Waals surface area (Å²) in [6.07, 6.45) is 3.64. The van der Waals surface area contributed by atoms with Gasteiger partial charge < -0.3 is 4.57 Å². The van der Waals surface area contributed by atoms with Gasteiger partial charge in [-0.1, -0.05) is 0 Å². The van der Waals surface area contributed by atoms with Crippen molar-refractivity contribution in [1.29, 1.82) is 0 Å². The zero-order chi connectivity index (χ0) is 7.56. The summed E-state index contributed by atoms with van der Waals surface area (Å²) in [5, 5.41) is 0. The van der Waals surface area contributed by atoms with Gasteiger partial charge in [-0.05, 0) is 15.9 Å². The van der Waals surface area contributed by atoms with Crippen LogP contribution in [0, 0.1) is 0 Å². The summed E-state index contributed by atoms with van der Waals surface area (Å²) < 4.78 is 2.81. The Kier molecular flexibility index (Phi) is 2.21. The standard InChI is InChI=1S/C6H8BrN3/c1-8-6-9-3-5(7)4-10(6)2/h3-4H,1-2H3. The van der Waals surface area contributed by atoms with Crippen LogP contribution in [0.2, 0.25) is 0 Å². The lowest BCUT2D eigenvalue weighted by Gasteiger charge is -1.96. The minimum atomic E-state index is 0.725. The maximum absolute atomic E-state index is 4.05. The van der Waals surface area contributed by atoms with E-state index in [1.807, 2.05) is 17.8 Å². The minimum Gasteiger partial charge on any atom is -0.319 e. The Labute approximate surface area is 67.6 Å². The second-order valence-electron chi connectivity index (χ2n) is 1.91. The van der Waals surface area contributed by atoms with Gasteiger partial charge in [0.1, 0.15) is 0 Å². The molecule has 0 aliphatic rings. The average Bonchev–Trinajstić information content (AvgIpc) is 1.88. The van der Waals surface area contributed by atoms with Crippen LogP contribution in [0.5, 0.6) is 0 Å². The van der Waals surface area contributed by atoms with Crippen molar-refractivity contribution in [3.8, 4) is 0 Å². The summed E-state index contributed by atoms with van der Waals surface area (Å²) in [5.74, 6) is 0. The SMILES string of the molecule is CN=c1ncc(Br)cn1C. The Balaban J connectivity index is 3.34. The molecule has 0 radical (unpaired) electrons. The van der Waals surface area contributed by atoms with Crippen LogP contribution in [-0.2, 0) is 7.05 Å². The summed E-state index contributed by atoms with van der Waals surface area (Å²) in [6.45, 7) is 0. The second-order valence-corrected chi connectivity index (χ2v) is 2.82. The molecule has 0 unspecified atom stereocenters. The first-order valence-corrected chi connectivity index (χ1v) is 3.64. The summed E-state index contributed by atoms with van der Waals surface area (Å²) in [7, 11) is 3.62. The molecule has 0 N–H and O–H groups in total. The van der Waals surface area contributed by atoms with Crippen molar-refractivity contribution in [2.24, 2.45) is 12.0 Å². The van der Waals surface area contributed by atoms with Crippen LogP contribution in [-0.4, -0.2) is 16.6 Å². The number of rotatable bonds is 0. The van der Waals surface area contributed by atoms with Gasteiger partial charge >= 0.3 is 0 Å². The molecule has 4 heteroatoms. The highest BCUT2D eigenvalue weighted by atomic mass is 79.9. The summed E-state index contributed by atoms with van der Waals surface area (Å²) >= 11 is 3.30. The van der Waals surface area contributed by atoms with Crippen LogP contribution in [0.1, 0.15) is 0 Å². The van der Waals surface area contributed by atoms with E-state index in [4.69, 9.17) is 0 Å². The van der Waals surface area contributed by atoms with E-state index >= 15 is 0 Å². The molecular formula is C6H8BrN3. The third-order valence-electron chi connectivity index (χ3n) is 1.14. The molecule has 54 valence electrons. The number of hydrogen-bond donors (Lipinski definition) is 0. The van der Waals surface area contributed by atoms with E-state index in [1.165, 1.54) is 0 Å². The Bertz CT molecular complexity index is 289. The highest BCUT2D eigenvalue weighted by Crippen LogP contribution is 2.01. The lowest BCUT2D eigenvalue weighted by Crippen LogP contribution is -2.20. The molecule has 3 nitrogen and oxygen atoms in total. The quantitative estimate of drug-likeness (QED) is 0.609. The predicted octanol–water partition coefficient (Wildman–Crippen LogP) is 0.713. The molecule has 0 spiro atoms. The first-order valence-electron chi connectivity index (χ1n) is 2.85. The fraction of sp³-hybridized carbons (Fsp3) is 0.333. The van der Waals surface area contributed by atoms with Crippen LogP contribution in [0.4, 0.5) is 0 Å². The van der Waals surface area contributed by atoms with Gasteiger partial charge in [0.25, 0.3) is 0 Å². The molecule has 1 heterocycles. The van der Waals surface area contributed by atoms with Gasteiger partial charge in [0.15, 0.2) is 0 Å². The zero-order valence-corrected chi connectivity index (χ0v) is 7.46. The van der Waals surface area contributed by atoms with Gasteiger partial charge in [-0.2, -0.15) is 0 Å². The largest absolute Gasteiger partial charge is 0.319 e. The van der Waals surface area contributed by atoms with Crippen molar-refractivity contribution in [3.63, 3.8) is 0 Å². The van der Waals surface area contributed by atoms with E-state index in [-0.39, 0.29) is 0 Å². The number of aromatic nitrogens is 2. The van der Waals surface area contributed by atoms with Crippen molar-refractivity contribution in [3.05, 3.63) is 22.5 Å². The summed E-state index contributed by atoms with van der Waals surface area (Å²) in [6, 6.07) is 0. The van der Waals surface area contributed by atoms with E-state index in [1.54, 1.807) is 13.2 Å². The Morgan fingerprint density at radius 1 is 1.70 bits per heavy atom. The monoisotopic (exact) mass is 201 g/mol. The van der Waals surface area contributed by atoms with Crippen LogP contribution in [0.15, 0.2) is 21.9 Å². The third kappa shape index (κ3) is 1.44. The Hall–Kier alpha value is -0.640. The molecule has 0 aliphatic heterocycles. The second kappa shape index (κ2) is 2.96. The molecule has 0 saturated heterocycles. The molecule has 0 atom stereocenters. The van der Waals surface area contributed by atoms with Crippen LogP contribution >= 0.6 is 15.9 Å². The van der Waals surface area contributed by atoms with Crippen molar-refractivity contribution < 1.29 is 0 Å². The predicted molar refractivity (Wildman–Crippen MR) is 42.4 cm³/mol. The smallest absolute Gasteiger partial charge is 0.224 e. The Morgan fingerprint density at radius 3 is 2.90 bits per heavy atom. The molecule has 0 fully saturated rings. The molecule has 1 rings (SSSR count). The van der Waals surface area contributed by atoms with Crippen molar-refractivity contribution in [2.75, 3.05) is 7.05 Å². The molecular weight excluding hydrogens is 194 g/mol. The maximum atomic E-state index is 4.05. The lowest BCUT2D eigenvalue weighted by atomic mass is 10.7. The van der Waals surface area contributed by atoms with E-state index in [9.17, 15) is 0 Å². The summed E-state index contributed by atoms with van der Waals surface area (Å²) in [5.41, 5.74) is 0.725. The molecule has 1 aromatic rings. The number of hydrogen-bond acceptors (Lipinski definition) is 2.